The first kappa shape index (κ1) is 15.6. The van der Waals surface area contributed by atoms with Gasteiger partial charge in [0.2, 0.25) is 0 Å². The summed E-state index contributed by atoms with van der Waals surface area (Å²) in [5.74, 6) is 0. The summed E-state index contributed by atoms with van der Waals surface area (Å²) in [5, 5.41) is 1.05. The van der Waals surface area contributed by atoms with Gasteiger partial charge in [0, 0.05) is 0 Å². The predicted molar refractivity (Wildman–Crippen MR) is 54.9 cm³/mol. The number of hydrogen-bond acceptors (Lipinski definition) is 2. The van der Waals surface area contributed by atoms with Gasteiger partial charge >= 0.3 is 146 Å². The standard InChI is InChI=1S/C8H4BrN2Se.2Na.2H/c9-5-1-2-7-6(3-5)8(12)11-4-10-7;;;;/h1-4H;;;;/q;2*+1;2*-1. The van der Waals surface area contributed by atoms with E-state index in [2.05, 4.69) is 41.9 Å². The van der Waals surface area contributed by atoms with Crippen molar-refractivity contribution < 1.29 is 62.0 Å². The van der Waals surface area contributed by atoms with Crippen molar-refractivity contribution in [3.05, 3.63) is 29.0 Å². The van der Waals surface area contributed by atoms with Crippen LogP contribution in [-0.4, -0.2) is 26.0 Å². The third kappa shape index (κ3) is 3.55. The van der Waals surface area contributed by atoms with E-state index in [1.807, 2.05) is 18.2 Å². The van der Waals surface area contributed by atoms with E-state index in [0.717, 1.165) is 20.0 Å². The number of halogens is 1. The first-order chi connectivity index (χ1) is 5.77. The van der Waals surface area contributed by atoms with Gasteiger partial charge in [-0.15, -0.1) is 0 Å². The molecule has 1 aromatic heterocycles. The van der Waals surface area contributed by atoms with Crippen LogP contribution in [0.1, 0.15) is 2.85 Å². The molecule has 0 aliphatic heterocycles. The van der Waals surface area contributed by atoms with Crippen LogP contribution in [0.3, 0.4) is 0 Å². The molecule has 1 radical (unpaired) electrons. The Morgan fingerprint density at radius 2 is 1.93 bits per heavy atom. The molecule has 0 aliphatic carbocycles. The third-order valence-corrected chi connectivity index (χ3v) is 2.74. The average Bonchev–Trinajstić information content (AvgIpc) is 2.07. The summed E-state index contributed by atoms with van der Waals surface area (Å²) in [5.41, 5.74) is 0.960. The Morgan fingerprint density at radius 3 is 2.64 bits per heavy atom. The summed E-state index contributed by atoms with van der Waals surface area (Å²) in [6.07, 6.45) is 1.56. The molecular weight excluding hydrogens is 329 g/mol. The fraction of sp³-hybridized carbons (Fsp3) is 0. The Kier molecular flexibility index (Phi) is 7.78. The molecule has 1 heterocycles. The fourth-order valence-corrected chi connectivity index (χ4v) is 1.81. The molecule has 0 unspecified atom stereocenters. The van der Waals surface area contributed by atoms with Gasteiger partial charge in [0.25, 0.3) is 0 Å². The topological polar surface area (TPSA) is 25.8 Å². The van der Waals surface area contributed by atoms with Crippen LogP contribution in [0.4, 0.5) is 0 Å². The maximum absolute atomic E-state index is 4.13. The summed E-state index contributed by atoms with van der Waals surface area (Å²) < 4.78 is 1.93. The van der Waals surface area contributed by atoms with Crippen LogP contribution >= 0.6 is 15.9 Å². The van der Waals surface area contributed by atoms with Crippen LogP contribution in [0, 0.1) is 0 Å². The van der Waals surface area contributed by atoms with Crippen molar-refractivity contribution >= 4 is 47.4 Å². The Morgan fingerprint density at radius 1 is 1.21 bits per heavy atom. The van der Waals surface area contributed by atoms with Crippen molar-refractivity contribution in [3.8, 4) is 0 Å². The van der Waals surface area contributed by atoms with Crippen LogP contribution in [0.15, 0.2) is 29.0 Å². The van der Waals surface area contributed by atoms with Crippen molar-refractivity contribution in [2.24, 2.45) is 0 Å². The SMILES string of the molecule is [H-].[H-].[Na+].[Na+].[Se]c1ncnc2ccc(Br)cc12. The summed E-state index contributed by atoms with van der Waals surface area (Å²) in [7, 11) is 0. The maximum atomic E-state index is 4.13. The quantitative estimate of drug-likeness (QED) is 0.453. The van der Waals surface area contributed by atoms with Gasteiger partial charge < -0.3 is 2.85 Å². The minimum absolute atomic E-state index is 0. The summed E-state index contributed by atoms with van der Waals surface area (Å²) in [6.45, 7) is 0. The van der Waals surface area contributed by atoms with Crippen LogP contribution in [0.5, 0.6) is 0 Å². The molecular formula is C8H6BrN2Na2Se. The molecule has 0 atom stereocenters. The number of hydrogen-bond donors (Lipinski definition) is 0. The molecule has 0 fully saturated rings. The second-order valence-electron chi connectivity index (χ2n) is 2.34. The van der Waals surface area contributed by atoms with Gasteiger partial charge in [0.15, 0.2) is 0 Å². The number of aromatic nitrogens is 2. The predicted octanol–water partition coefficient (Wildman–Crippen LogP) is -4.58. The van der Waals surface area contributed by atoms with Gasteiger partial charge in [-0.3, -0.25) is 0 Å². The molecule has 0 saturated carbocycles. The third-order valence-electron chi connectivity index (χ3n) is 1.56. The molecule has 0 spiro atoms. The minimum atomic E-state index is 0. The molecule has 6 heteroatoms. The van der Waals surface area contributed by atoms with Gasteiger partial charge in [-0.05, 0) is 0 Å². The molecule has 1 aromatic carbocycles. The molecule has 14 heavy (non-hydrogen) atoms. The van der Waals surface area contributed by atoms with Crippen molar-refractivity contribution in [3.63, 3.8) is 0 Å². The molecule has 2 rings (SSSR count). The van der Waals surface area contributed by atoms with E-state index in [4.69, 9.17) is 0 Å². The molecule has 2 aromatic rings. The van der Waals surface area contributed by atoms with Crippen molar-refractivity contribution in [1.82, 2.24) is 9.97 Å². The van der Waals surface area contributed by atoms with Crippen LogP contribution in [-0.2, 0) is 0 Å². The number of nitrogens with zero attached hydrogens (tertiary/aromatic N) is 2. The number of benzene rings is 1. The molecule has 0 aliphatic rings. The summed E-state index contributed by atoms with van der Waals surface area (Å²) in [6, 6.07) is 5.93. The second kappa shape index (κ2) is 7.00. The van der Waals surface area contributed by atoms with E-state index >= 15 is 0 Å². The Hall–Kier alpha value is 1.56. The van der Waals surface area contributed by atoms with E-state index in [0.29, 0.717) is 0 Å². The zero-order valence-corrected chi connectivity index (χ0v) is 15.3. The molecule has 63 valence electrons. The van der Waals surface area contributed by atoms with Crippen LogP contribution < -0.4 is 63.7 Å². The van der Waals surface area contributed by atoms with Crippen molar-refractivity contribution in [2.45, 2.75) is 0 Å². The van der Waals surface area contributed by atoms with E-state index in [9.17, 15) is 0 Å². The Balaban J connectivity index is -0.000000422. The molecule has 0 saturated heterocycles. The number of rotatable bonds is 0. The first-order valence-corrected chi connectivity index (χ1v) is 4.99. The van der Waals surface area contributed by atoms with Crippen molar-refractivity contribution in [1.29, 1.82) is 0 Å². The first-order valence-electron chi connectivity index (χ1n) is 3.34. The van der Waals surface area contributed by atoms with Gasteiger partial charge in [-0.1, -0.05) is 0 Å². The zero-order valence-electron chi connectivity index (χ0n) is 9.99. The summed E-state index contributed by atoms with van der Waals surface area (Å²) >= 11 is 6.30. The second-order valence-corrected chi connectivity index (χ2v) is 4.07. The Labute approximate surface area is 146 Å². The van der Waals surface area contributed by atoms with Gasteiger partial charge in [0.1, 0.15) is 0 Å². The average molecular weight is 335 g/mol. The van der Waals surface area contributed by atoms with Gasteiger partial charge in [-0.25, -0.2) is 0 Å². The fourth-order valence-electron chi connectivity index (χ4n) is 1.01. The van der Waals surface area contributed by atoms with E-state index in [1.165, 1.54) is 0 Å². The normalized spacial score (nSPS) is 8.93. The van der Waals surface area contributed by atoms with Crippen molar-refractivity contribution in [2.75, 3.05) is 0 Å². The zero-order chi connectivity index (χ0) is 8.55. The molecule has 0 bridgehead atoms. The number of fused-ring (bicyclic) bond motifs is 1. The summed E-state index contributed by atoms with van der Waals surface area (Å²) in [4.78, 5) is 8.19. The van der Waals surface area contributed by atoms with E-state index in [1.54, 1.807) is 6.33 Å². The van der Waals surface area contributed by atoms with Gasteiger partial charge in [0.05, 0.1) is 0 Å². The Bertz CT molecular complexity index is 447. The molecule has 2 nitrogen and oxygen atoms in total. The van der Waals surface area contributed by atoms with Crippen LogP contribution in [0.25, 0.3) is 10.9 Å². The monoisotopic (exact) mass is 335 g/mol. The van der Waals surface area contributed by atoms with Crippen LogP contribution in [0.2, 0.25) is 0 Å². The molecule has 0 amide bonds. The molecule has 0 N–H and O–H groups in total. The van der Waals surface area contributed by atoms with E-state index < -0.39 is 0 Å². The van der Waals surface area contributed by atoms with Gasteiger partial charge in [-0.2, -0.15) is 0 Å². The van der Waals surface area contributed by atoms with E-state index in [-0.39, 0.29) is 62.0 Å².